The van der Waals surface area contributed by atoms with Gasteiger partial charge in [0.15, 0.2) is 0 Å². The van der Waals surface area contributed by atoms with Crippen LogP contribution in [0.5, 0.6) is 0 Å². The molecular weight excluding hydrogens is 386 g/mol. The third-order valence-corrected chi connectivity index (χ3v) is 5.47. The number of hydrogen-bond acceptors (Lipinski definition) is 5. The average molecular weight is 422 g/mol. The zero-order valence-electron chi connectivity index (χ0n) is 18.9. The van der Waals surface area contributed by atoms with Crippen LogP contribution < -0.4 is 10.6 Å². The Morgan fingerprint density at radius 2 is 2.16 bits per heavy atom. The summed E-state index contributed by atoms with van der Waals surface area (Å²) in [6, 6.07) is 10.6. The number of fused-ring (bicyclic) bond motifs is 1. The quantitative estimate of drug-likeness (QED) is 0.307. The highest BCUT2D eigenvalue weighted by atomic mass is 16.2. The molecule has 1 atom stereocenters. The SMILES string of the molecule is C=CC1=C(N=CC)C(NCCNCC(=O)N(CC#N)CCCC)c2ccccc2CC1. The topological polar surface area (TPSA) is 80.5 Å². The molecule has 6 nitrogen and oxygen atoms in total. The third-order valence-electron chi connectivity index (χ3n) is 5.47. The first-order valence-corrected chi connectivity index (χ1v) is 11.2. The van der Waals surface area contributed by atoms with Gasteiger partial charge >= 0.3 is 0 Å². The first-order chi connectivity index (χ1) is 15.2. The van der Waals surface area contributed by atoms with Gasteiger partial charge in [-0.25, -0.2) is 0 Å². The molecule has 0 fully saturated rings. The predicted octanol–water partition coefficient (Wildman–Crippen LogP) is 3.54. The van der Waals surface area contributed by atoms with E-state index in [9.17, 15) is 4.79 Å². The number of aliphatic imine (C=N–C) groups is 1. The number of nitriles is 1. The Bertz CT molecular complexity index is 837. The number of unbranched alkanes of at least 4 members (excludes halogenated alkanes) is 1. The Kier molecular flexibility index (Phi) is 10.7. The lowest BCUT2D eigenvalue weighted by atomic mass is 9.98. The summed E-state index contributed by atoms with van der Waals surface area (Å²) >= 11 is 0. The molecule has 1 unspecified atom stereocenters. The number of amides is 1. The van der Waals surface area contributed by atoms with E-state index in [1.807, 2.05) is 19.2 Å². The molecule has 0 spiro atoms. The fraction of sp³-hybridized carbons (Fsp3) is 0.480. The molecule has 0 saturated heterocycles. The predicted molar refractivity (Wildman–Crippen MR) is 127 cm³/mol. The van der Waals surface area contributed by atoms with E-state index in [4.69, 9.17) is 5.26 Å². The van der Waals surface area contributed by atoms with Crippen LogP contribution in [0.15, 0.2) is 53.2 Å². The van der Waals surface area contributed by atoms with Gasteiger partial charge in [0.25, 0.3) is 0 Å². The van der Waals surface area contributed by atoms with Gasteiger partial charge in [-0.1, -0.05) is 50.3 Å². The van der Waals surface area contributed by atoms with Gasteiger partial charge in [0.1, 0.15) is 6.54 Å². The van der Waals surface area contributed by atoms with Gasteiger partial charge in [-0.15, -0.1) is 0 Å². The Hall–Kier alpha value is -2.75. The molecule has 6 heteroatoms. The summed E-state index contributed by atoms with van der Waals surface area (Å²) in [5, 5.41) is 15.8. The molecule has 0 bridgehead atoms. The molecule has 166 valence electrons. The number of allylic oxidation sites excluding steroid dienone is 2. The molecule has 1 aliphatic rings. The van der Waals surface area contributed by atoms with Crippen LogP contribution in [0.3, 0.4) is 0 Å². The molecule has 0 aliphatic heterocycles. The van der Waals surface area contributed by atoms with Crippen LogP contribution in [0.25, 0.3) is 0 Å². The molecule has 1 amide bonds. The maximum atomic E-state index is 12.4. The van der Waals surface area contributed by atoms with E-state index in [-0.39, 0.29) is 25.0 Å². The lowest BCUT2D eigenvalue weighted by Gasteiger charge is -2.22. The molecule has 31 heavy (non-hydrogen) atoms. The van der Waals surface area contributed by atoms with Gasteiger partial charge in [-0.05, 0) is 42.9 Å². The normalized spacial score (nSPS) is 16.0. The van der Waals surface area contributed by atoms with E-state index in [0.29, 0.717) is 19.6 Å². The number of aryl methyl sites for hydroxylation is 1. The van der Waals surface area contributed by atoms with E-state index in [1.54, 1.807) is 4.90 Å². The second kappa shape index (κ2) is 13.5. The van der Waals surface area contributed by atoms with Crippen molar-refractivity contribution < 1.29 is 4.79 Å². The van der Waals surface area contributed by atoms with E-state index in [0.717, 1.165) is 37.0 Å². The fourth-order valence-electron chi connectivity index (χ4n) is 3.82. The van der Waals surface area contributed by atoms with Gasteiger partial charge in [0, 0.05) is 25.8 Å². The second-order valence-corrected chi connectivity index (χ2v) is 7.59. The average Bonchev–Trinajstić information content (AvgIpc) is 2.93. The van der Waals surface area contributed by atoms with Crippen LogP contribution in [0.1, 0.15) is 50.3 Å². The van der Waals surface area contributed by atoms with Crippen molar-refractivity contribution in [3.8, 4) is 6.07 Å². The fourth-order valence-corrected chi connectivity index (χ4v) is 3.82. The molecule has 1 aromatic carbocycles. The first-order valence-electron chi connectivity index (χ1n) is 11.2. The van der Waals surface area contributed by atoms with Crippen LogP contribution in [0.4, 0.5) is 0 Å². The molecule has 2 N–H and O–H groups in total. The summed E-state index contributed by atoms with van der Waals surface area (Å²) in [7, 11) is 0. The van der Waals surface area contributed by atoms with E-state index in [1.165, 1.54) is 11.1 Å². The van der Waals surface area contributed by atoms with Crippen molar-refractivity contribution in [2.24, 2.45) is 4.99 Å². The molecule has 0 saturated carbocycles. The Labute approximate surface area is 186 Å². The van der Waals surface area contributed by atoms with Gasteiger partial charge in [0.05, 0.1) is 24.4 Å². The highest BCUT2D eigenvalue weighted by Gasteiger charge is 2.24. The summed E-state index contributed by atoms with van der Waals surface area (Å²) in [5.41, 5.74) is 4.75. The Balaban J connectivity index is 1.99. The van der Waals surface area contributed by atoms with Crippen molar-refractivity contribution in [1.29, 1.82) is 5.26 Å². The number of rotatable bonds is 12. The molecule has 1 aliphatic carbocycles. The maximum absolute atomic E-state index is 12.4. The zero-order valence-corrected chi connectivity index (χ0v) is 18.9. The highest BCUT2D eigenvalue weighted by Crippen LogP contribution is 2.34. The molecule has 0 radical (unpaired) electrons. The van der Waals surface area contributed by atoms with Crippen molar-refractivity contribution >= 4 is 12.1 Å². The number of nitrogens with zero attached hydrogens (tertiary/aromatic N) is 3. The van der Waals surface area contributed by atoms with Crippen molar-refractivity contribution in [2.45, 2.75) is 45.6 Å². The van der Waals surface area contributed by atoms with Crippen LogP contribution in [-0.2, 0) is 11.2 Å². The summed E-state index contributed by atoms with van der Waals surface area (Å²) in [6.45, 7) is 10.4. The number of carbonyl (C=O) groups excluding carboxylic acids is 1. The molecule has 1 aromatic rings. The number of hydrogen-bond donors (Lipinski definition) is 2. The van der Waals surface area contributed by atoms with Gasteiger partial charge in [0.2, 0.25) is 5.91 Å². The van der Waals surface area contributed by atoms with E-state index >= 15 is 0 Å². The van der Waals surface area contributed by atoms with Crippen molar-refractivity contribution in [3.63, 3.8) is 0 Å². The van der Waals surface area contributed by atoms with E-state index < -0.39 is 0 Å². The smallest absolute Gasteiger partial charge is 0.237 e. The Morgan fingerprint density at radius 3 is 2.87 bits per heavy atom. The van der Waals surface area contributed by atoms with Crippen molar-refractivity contribution in [1.82, 2.24) is 15.5 Å². The largest absolute Gasteiger partial charge is 0.328 e. The summed E-state index contributed by atoms with van der Waals surface area (Å²) in [5.74, 6) is -0.0278. The van der Waals surface area contributed by atoms with Crippen LogP contribution in [-0.4, -0.2) is 49.7 Å². The lowest BCUT2D eigenvalue weighted by Crippen LogP contribution is -2.41. The number of carbonyl (C=O) groups is 1. The van der Waals surface area contributed by atoms with Crippen molar-refractivity contribution in [3.05, 3.63) is 59.3 Å². The third kappa shape index (κ3) is 7.16. The Morgan fingerprint density at radius 1 is 1.35 bits per heavy atom. The van der Waals surface area contributed by atoms with Crippen LogP contribution in [0.2, 0.25) is 0 Å². The molecular formula is C25H35N5O. The summed E-state index contributed by atoms with van der Waals surface area (Å²) in [4.78, 5) is 18.7. The zero-order chi connectivity index (χ0) is 22.5. The number of benzene rings is 1. The summed E-state index contributed by atoms with van der Waals surface area (Å²) < 4.78 is 0. The minimum absolute atomic E-state index is 0.0138. The standard InChI is InChI=1S/C25H35N5O/c1-4-7-17-30(18-14-26)23(31)19-27-15-16-29-25-22-11-9-8-10-21(22)13-12-20(5-2)24(25)28-6-3/h5-6,8-11,25,27,29H,2,4,7,12-13,15-19H2,1,3H3. The second-order valence-electron chi connectivity index (χ2n) is 7.59. The van der Waals surface area contributed by atoms with Crippen LogP contribution >= 0.6 is 0 Å². The molecule has 0 heterocycles. The first kappa shape index (κ1) is 24.5. The monoisotopic (exact) mass is 421 g/mol. The molecule has 0 aromatic heterocycles. The maximum Gasteiger partial charge on any atom is 0.237 e. The van der Waals surface area contributed by atoms with Crippen molar-refractivity contribution in [2.75, 3.05) is 32.7 Å². The van der Waals surface area contributed by atoms with Crippen LogP contribution in [0, 0.1) is 11.3 Å². The highest BCUT2D eigenvalue weighted by molar-refractivity contribution is 5.78. The van der Waals surface area contributed by atoms with Gasteiger partial charge in [-0.2, -0.15) is 5.26 Å². The number of nitrogens with one attached hydrogen (secondary N) is 2. The van der Waals surface area contributed by atoms with Gasteiger partial charge in [-0.3, -0.25) is 9.79 Å². The minimum atomic E-state index is -0.0278. The van der Waals surface area contributed by atoms with Gasteiger partial charge < -0.3 is 15.5 Å². The van der Waals surface area contributed by atoms with E-state index in [2.05, 4.69) is 59.5 Å². The molecule has 2 rings (SSSR count). The minimum Gasteiger partial charge on any atom is -0.328 e. The lowest BCUT2D eigenvalue weighted by molar-refractivity contribution is -0.129. The summed E-state index contributed by atoms with van der Waals surface area (Å²) in [6.07, 6.45) is 7.55.